The van der Waals surface area contributed by atoms with Crippen molar-refractivity contribution in [3.63, 3.8) is 0 Å². The van der Waals surface area contributed by atoms with Gasteiger partial charge in [-0.1, -0.05) is 0 Å². The monoisotopic (exact) mass is 286 g/mol. The van der Waals surface area contributed by atoms with Crippen molar-refractivity contribution >= 4 is 21.9 Å². The lowest BCUT2D eigenvalue weighted by molar-refractivity contribution is 0.0686. The molecular formula is C8H10N6O4S. The lowest BCUT2D eigenvalue weighted by atomic mass is 10.4. The van der Waals surface area contributed by atoms with Crippen molar-refractivity contribution in [3.8, 4) is 0 Å². The van der Waals surface area contributed by atoms with Crippen LogP contribution in [0, 0.1) is 13.8 Å². The Morgan fingerprint density at radius 1 is 1.26 bits per heavy atom. The highest BCUT2D eigenvalue weighted by atomic mass is 32.2. The van der Waals surface area contributed by atoms with Crippen LogP contribution >= 0.6 is 0 Å². The number of rotatable bonds is 4. The van der Waals surface area contributed by atoms with E-state index < -0.39 is 26.6 Å². The number of carboxylic acids is 1. The number of H-pyrrole nitrogens is 2. The molecule has 0 amide bonds. The molecule has 0 spiro atoms. The van der Waals surface area contributed by atoms with Gasteiger partial charge in [0.05, 0.1) is 5.69 Å². The number of anilines is 1. The van der Waals surface area contributed by atoms with E-state index in [4.69, 9.17) is 5.11 Å². The number of carbonyl (C=O) groups is 1. The Morgan fingerprint density at radius 2 is 1.95 bits per heavy atom. The molecule has 0 aliphatic rings. The number of hydrogen-bond acceptors (Lipinski definition) is 6. The van der Waals surface area contributed by atoms with Crippen LogP contribution in [-0.4, -0.2) is 44.9 Å². The van der Waals surface area contributed by atoms with Crippen LogP contribution in [0.2, 0.25) is 0 Å². The second-order valence-electron chi connectivity index (χ2n) is 3.68. The highest BCUT2D eigenvalue weighted by Gasteiger charge is 2.29. The Morgan fingerprint density at radius 3 is 2.47 bits per heavy atom. The van der Waals surface area contributed by atoms with Crippen molar-refractivity contribution in [3.05, 3.63) is 17.2 Å². The van der Waals surface area contributed by atoms with Gasteiger partial charge in [0, 0.05) is 0 Å². The molecule has 0 atom stereocenters. The summed E-state index contributed by atoms with van der Waals surface area (Å²) in [5.41, 5.74) is -0.477. The van der Waals surface area contributed by atoms with Gasteiger partial charge in [-0.25, -0.2) is 17.9 Å². The summed E-state index contributed by atoms with van der Waals surface area (Å²) in [4.78, 5) is 14.3. The lowest BCUT2D eigenvalue weighted by Gasteiger charge is -2.04. The molecule has 0 radical (unpaired) electrons. The van der Waals surface area contributed by atoms with E-state index in [1.54, 1.807) is 6.92 Å². The first-order valence-electron chi connectivity index (χ1n) is 5.01. The molecule has 0 fully saturated rings. The maximum atomic E-state index is 12.1. The molecule has 2 aromatic rings. The molecule has 19 heavy (non-hydrogen) atoms. The molecule has 0 aliphatic heterocycles. The first-order valence-corrected chi connectivity index (χ1v) is 6.49. The van der Waals surface area contributed by atoms with E-state index in [1.807, 2.05) is 0 Å². The first-order chi connectivity index (χ1) is 8.81. The summed E-state index contributed by atoms with van der Waals surface area (Å²) in [6.45, 7) is 2.99. The third-order valence-electron chi connectivity index (χ3n) is 2.19. The van der Waals surface area contributed by atoms with Gasteiger partial charge >= 0.3 is 5.97 Å². The van der Waals surface area contributed by atoms with E-state index in [2.05, 4.69) is 30.1 Å². The standard InChI is InChI=1S/C8H10N6O4S/c1-3-6(5(7(15)16)12-10-3)19(17,18)14-8-9-4(2)11-13-8/h1-2H3,(H,10,12)(H,15,16)(H2,9,11,13,14). The van der Waals surface area contributed by atoms with Gasteiger partial charge in [0.25, 0.3) is 16.0 Å². The van der Waals surface area contributed by atoms with Gasteiger partial charge in [-0.3, -0.25) is 10.2 Å². The molecule has 11 heteroatoms. The van der Waals surface area contributed by atoms with Crippen molar-refractivity contribution in [1.82, 2.24) is 25.4 Å². The summed E-state index contributed by atoms with van der Waals surface area (Å²) < 4.78 is 26.3. The van der Waals surface area contributed by atoms with Gasteiger partial charge < -0.3 is 5.11 Å². The van der Waals surface area contributed by atoms with Gasteiger partial charge in [0.15, 0.2) is 5.69 Å². The topological polar surface area (TPSA) is 154 Å². The SMILES string of the molecule is Cc1nc(NS(=O)(=O)c2c(C(=O)O)n[nH]c2C)n[nH]1. The second kappa shape index (κ2) is 4.35. The largest absolute Gasteiger partial charge is 0.476 e. The fraction of sp³-hybridized carbons (Fsp3) is 0.250. The molecule has 10 nitrogen and oxygen atoms in total. The molecule has 0 saturated heterocycles. The predicted octanol–water partition coefficient (Wildman–Crippen LogP) is -0.356. The fourth-order valence-corrected chi connectivity index (χ4v) is 2.72. The fourth-order valence-electron chi connectivity index (χ4n) is 1.45. The summed E-state index contributed by atoms with van der Waals surface area (Å²) in [6.07, 6.45) is 0. The lowest BCUT2D eigenvalue weighted by Crippen LogP contribution is -2.17. The van der Waals surface area contributed by atoms with E-state index in [9.17, 15) is 13.2 Å². The van der Waals surface area contributed by atoms with E-state index in [0.29, 0.717) is 5.82 Å². The van der Waals surface area contributed by atoms with Crippen molar-refractivity contribution in [2.24, 2.45) is 0 Å². The van der Waals surface area contributed by atoms with Crippen LogP contribution < -0.4 is 4.72 Å². The quantitative estimate of drug-likeness (QED) is 0.598. The predicted molar refractivity (Wildman–Crippen MR) is 62.2 cm³/mol. The maximum absolute atomic E-state index is 12.1. The van der Waals surface area contributed by atoms with Crippen molar-refractivity contribution in [1.29, 1.82) is 0 Å². The highest BCUT2D eigenvalue weighted by Crippen LogP contribution is 2.19. The minimum Gasteiger partial charge on any atom is -0.476 e. The third kappa shape index (κ3) is 2.40. The number of aromatic amines is 2. The van der Waals surface area contributed by atoms with Crippen LogP contribution in [0.25, 0.3) is 0 Å². The molecule has 2 heterocycles. The molecule has 0 aromatic carbocycles. The zero-order valence-corrected chi connectivity index (χ0v) is 10.7. The Hall–Kier alpha value is -2.43. The Bertz CT molecular complexity index is 730. The summed E-state index contributed by atoms with van der Waals surface area (Å²) in [5, 5.41) is 20.7. The number of nitrogens with one attached hydrogen (secondary N) is 3. The summed E-state index contributed by atoms with van der Waals surface area (Å²) in [5.74, 6) is -1.20. The number of aryl methyl sites for hydroxylation is 2. The zero-order chi connectivity index (χ0) is 14.2. The number of aromatic carboxylic acids is 1. The van der Waals surface area contributed by atoms with Crippen molar-refractivity contribution < 1.29 is 18.3 Å². The van der Waals surface area contributed by atoms with Crippen LogP contribution in [0.3, 0.4) is 0 Å². The number of aromatic nitrogens is 5. The van der Waals surface area contributed by atoms with Gasteiger partial charge in [-0.15, -0.1) is 5.10 Å². The van der Waals surface area contributed by atoms with Crippen molar-refractivity contribution in [2.75, 3.05) is 4.72 Å². The number of nitrogens with zero attached hydrogens (tertiary/aromatic N) is 3. The van der Waals surface area contributed by atoms with E-state index in [1.165, 1.54) is 6.92 Å². The van der Waals surface area contributed by atoms with Gasteiger partial charge in [-0.2, -0.15) is 10.1 Å². The molecule has 0 unspecified atom stereocenters. The molecule has 2 aromatic heterocycles. The highest BCUT2D eigenvalue weighted by molar-refractivity contribution is 7.92. The van der Waals surface area contributed by atoms with Crippen LogP contribution in [0.1, 0.15) is 22.0 Å². The molecule has 102 valence electrons. The summed E-state index contributed by atoms with van der Waals surface area (Å²) >= 11 is 0. The smallest absolute Gasteiger partial charge is 0.357 e. The number of hydrogen-bond donors (Lipinski definition) is 4. The van der Waals surface area contributed by atoms with E-state index >= 15 is 0 Å². The average molecular weight is 286 g/mol. The average Bonchev–Trinajstić information content (AvgIpc) is 2.84. The van der Waals surface area contributed by atoms with Crippen LogP contribution in [-0.2, 0) is 10.0 Å². The maximum Gasteiger partial charge on any atom is 0.357 e. The molecule has 0 aliphatic carbocycles. The molecular weight excluding hydrogens is 276 g/mol. The van der Waals surface area contributed by atoms with Gasteiger partial charge in [0.2, 0.25) is 0 Å². The van der Waals surface area contributed by atoms with Crippen LogP contribution in [0.5, 0.6) is 0 Å². The second-order valence-corrected chi connectivity index (χ2v) is 5.30. The number of sulfonamides is 1. The molecule has 2 rings (SSSR count). The molecule has 0 bridgehead atoms. The normalized spacial score (nSPS) is 11.5. The first kappa shape index (κ1) is 13.0. The third-order valence-corrected chi connectivity index (χ3v) is 3.67. The van der Waals surface area contributed by atoms with Gasteiger partial charge in [0.1, 0.15) is 10.7 Å². The zero-order valence-electron chi connectivity index (χ0n) is 9.92. The van der Waals surface area contributed by atoms with Gasteiger partial charge in [-0.05, 0) is 13.8 Å². The Balaban J connectivity index is 2.45. The molecule has 0 saturated carbocycles. The molecule has 4 N–H and O–H groups in total. The minimum atomic E-state index is -4.13. The van der Waals surface area contributed by atoms with Crippen LogP contribution in [0.4, 0.5) is 5.95 Å². The number of carboxylic acid groups (broad SMARTS) is 1. The minimum absolute atomic E-state index is 0.108. The summed E-state index contributed by atoms with van der Waals surface area (Å²) in [6, 6.07) is 0. The Kier molecular flexibility index (Phi) is 2.98. The van der Waals surface area contributed by atoms with Crippen molar-refractivity contribution in [2.45, 2.75) is 18.7 Å². The van der Waals surface area contributed by atoms with Crippen LogP contribution in [0.15, 0.2) is 4.90 Å². The Labute approximate surface area is 107 Å². The van der Waals surface area contributed by atoms with E-state index in [0.717, 1.165) is 0 Å². The van der Waals surface area contributed by atoms with E-state index in [-0.39, 0.29) is 11.6 Å². The summed E-state index contributed by atoms with van der Waals surface area (Å²) in [7, 11) is -4.13.